The molecular weight excluding hydrogens is 310 g/mol. The maximum atomic E-state index is 12.5. The van der Waals surface area contributed by atoms with Crippen LogP contribution in [0.1, 0.15) is 34.1 Å². The molecule has 0 radical (unpaired) electrons. The SMILES string of the molecule is Cc1cc2c(c(=O)o1)C(c1cccnc1)c1c(cc(C)oc1=O)O2. The molecule has 0 unspecified atom stereocenters. The van der Waals surface area contributed by atoms with Crippen molar-refractivity contribution in [3.05, 3.63) is 85.7 Å². The number of hydrogen-bond acceptors (Lipinski definition) is 6. The average Bonchev–Trinajstić information content (AvgIpc) is 2.53. The van der Waals surface area contributed by atoms with Crippen molar-refractivity contribution in [2.45, 2.75) is 19.8 Å². The van der Waals surface area contributed by atoms with Gasteiger partial charge in [-0.05, 0) is 25.5 Å². The number of ether oxygens (including phenoxy) is 1. The normalized spacial score (nSPS) is 13.1. The zero-order chi connectivity index (χ0) is 16.8. The molecule has 3 aromatic heterocycles. The summed E-state index contributed by atoms with van der Waals surface area (Å²) in [6, 6.07) is 6.84. The van der Waals surface area contributed by atoms with Gasteiger partial charge in [0.2, 0.25) is 0 Å². The predicted molar refractivity (Wildman–Crippen MR) is 84.7 cm³/mol. The Labute approximate surface area is 136 Å². The van der Waals surface area contributed by atoms with Gasteiger partial charge >= 0.3 is 11.3 Å². The third-order valence-electron chi connectivity index (χ3n) is 3.96. The second-order valence-electron chi connectivity index (χ2n) is 5.67. The Kier molecular flexibility index (Phi) is 3.13. The first-order chi connectivity index (χ1) is 11.5. The quantitative estimate of drug-likeness (QED) is 0.535. The number of aromatic nitrogens is 1. The second-order valence-corrected chi connectivity index (χ2v) is 5.67. The monoisotopic (exact) mass is 323 g/mol. The van der Waals surface area contributed by atoms with Crippen LogP contribution in [0.25, 0.3) is 0 Å². The lowest BCUT2D eigenvalue weighted by Crippen LogP contribution is -2.26. The van der Waals surface area contributed by atoms with E-state index in [2.05, 4.69) is 4.98 Å². The molecule has 24 heavy (non-hydrogen) atoms. The first-order valence-corrected chi connectivity index (χ1v) is 7.41. The van der Waals surface area contributed by atoms with E-state index in [0.717, 1.165) is 0 Å². The Balaban J connectivity index is 2.09. The van der Waals surface area contributed by atoms with E-state index < -0.39 is 17.2 Å². The third kappa shape index (κ3) is 2.15. The van der Waals surface area contributed by atoms with E-state index in [1.807, 2.05) is 0 Å². The molecule has 3 aromatic rings. The summed E-state index contributed by atoms with van der Waals surface area (Å²) in [6.45, 7) is 3.34. The Morgan fingerprint density at radius 2 is 1.54 bits per heavy atom. The zero-order valence-electron chi connectivity index (χ0n) is 13.0. The standard InChI is InChI=1S/C18H13NO5/c1-9-6-12-15(17(20)22-9)14(11-4-3-5-19-8-11)16-13(24-12)7-10(2)23-18(16)21/h3-8,14H,1-2H3. The summed E-state index contributed by atoms with van der Waals surface area (Å²) in [4.78, 5) is 29.0. The minimum Gasteiger partial charge on any atom is -0.456 e. The number of hydrogen-bond donors (Lipinski definition) is 0. The molecular formula is C18H13NO5. The van der Waals surface area contributed by atoms with E-state index in [0.29, 0.717) is 28.6 Å². The van der Waals surface area contributed by atoms with Crippen molar-refractivity contribution in [1.82, 2.24) is 4.98 Å². The number of aryl methyl sites for hydroxylation is 2. The zero-order valence-corrected chi connectivity index (χ0v) is 13.0. The van der Waals surface area contributed by atoms with Crippen molar-refractivity contribution < 1.29 is 13.6 Å². The molecule has 0 bridgehead atoms. The molecule has 1 aliphatic rings. The van der Waals surface area contributed by atoms with Gasteiger partial charge in [-0.3, -0.25) is 4.98 Å². The van der Waals surface area contributed by atoms with Gasteiger partial charge in [0, 0.05) is 24.5 Å². The number of pyridine rings is 1. The van der Waals surface area contributed by atoms with Crippen molar-refractivity contribution in [1.29, 1.82) is 0 Å². The fourth-order valence-electron chi connectivity index (χ4n) is 3.02. The maximum Gasteiger partial charge on any atom is 0.343 e. The smallest absolute Gasteiger partial charge is 0.343 e. The molecule has 6 nitrogen and oxygen atoms in total. The summed E-state index contributed by atoms with van der Waals surface area (Å²) in [5.74, 6) is 0.995. The van der Waals surface area contributed by atoms with E-state index in [1.54, 1.807) is 50.5 Å². The van der Waals surface area contributed by atoms with Crippen molar-refractivity contribution >= 4 is 0 Å². The highest BCUT2D eigenvalue weighted by Crippen LogP contribution is 2.44. The third-order valence-corrected chi connectivity index (χ3v) is 3.96. The van der Waals surface area contributed by atoms with Crippen molar-refractivity contribution in [2.75, 3.05) is 0 Å². The lowest BCUT2D eigenvalue weighted by Gasteiger charge is -2.26. The number of rotatable bonds is 1. The van der Waals surface area contributed by atoms with Gasteiger partial charge in [0.05, 0.1) is 17.0 Å². The van der Waals surface area contributed by atoms with Gasteiger partial charge in [0.25, 0.3) is 0 Å². The number of nitrogens with zero attached hydrogens (tertiary/aromatic N) is 1. The fraction of sp³-hybridized carbons (Fsp3) is 0.167. The highest BCUT2D eigenvalue weighted by Gasteiger charge is 2.35. The molecule has 0 amide bonds. The molecule has 0 atom stereocenters. The van der Waals surface area contributed by atoms with Crippen LogP contribution in [-0.4, -0.2) is 4.98 Å². The van der Waals surface area contributed by atoms with Crippen LogP contribution in [0.15, 0.2) is 55.1 Å². The van der Waals surface area contributed by atoms with Crippen LogP contribution < -0.4 is 16.0 Å². The lowest BCUT2D eigenvalue weighted by atomic mass is 9.85. The topological polar surface area (TPSA) is 82.5 Å². The Bertz CT molecular complexity index is 984. The van der Waals surface area contributed by atoms with Crippen LogP contribution in [-0.2, 0) is 0 Å². The summed E-state index contributed by atoms with van der Waals surface area (Å²) in [5, 5.41) is 0. The average molecular weight is 323 g/mol. The van der Waals surface area contributed by atoms with E-state index in [-0.39, 0.29) is 11.1 Å². The van der Waals surface area contributed by atoms with Crippen LogP contribution in [0.3, 0.4) is 0 Å². The van der Waals surface area contributed by atoms with Crippen LogP contribution >= 0.6 is 0 Å². The Morgan fingerprint density at radius 1 is 0.958 bits per heavy atom. The molecule has 0 saturated heterocycles. The van der Waals surface area contributed by atoms with Gasteiger partial charge in [-0.1, -0.05) is 6.07 Å². The Hall–Kier alpha value is -3.15. The molecule has 1 aliphatic heterocycles. The van der Waals surface area contributed by atoms with Crippen LogP contribution in [0, 0.1) is 13.8 Å². The van der Waals surface area contributed by atoms with E-state index in [9.17, 15) is 9.59 Å². The first-order valence-electron chi connectivity index (χ1n) is 7.41. The second kappa shape index (κ2) is 5.19. The van der Waals surface area contributed by atoms with E-state index >= 15 is 0 Å². The minimum atomic E-state index is -0.647. The van der Waals surface area contributed by atoms with Crippen LogP contribution in [0.5, 0.6) is 11.5 Å². The van der Waals surface area contributed by atoms with E-state index in [4.69, 9.17) is 13.6 Å². The molecule has 4 heterocycles. The molecule has 6 heteroatoms. The highest BCUT2D eigenvalue weighted by molar-refractivity contribution is 5.56. The van der Waals surface area contributed by atoms with Crippen LogP contribution in [0.2, 0.25) is 0 Å². The summed E-state index contributed by atoms with van der Waals surface area (Å²) in [5.41, 5.74) is 0.166. The van der Waals surface area contributed by atoms with Gasteiger partial charge in [-0.15, -0.1) is 0 Å². The summed E-state index contributed by atoms with van der Waals surface area (Å²) >= 11 is 0. The molecule has 0 aliphatic carbocycles. The molecule has 0 spiro atoms. The lowest BCUT2D eigenvalue weighted by molar-refractivity contribution is 0.388. The first kappa shape index (κ1) is 14.4. The summed E-state index contributed by atoms with van der Waals surface area (Å²) in [7, 11) is 0. The van der Waals surface area contributed by atoms with Crippen molar-refractivity contribution in [2.24, 2.45) is 0 Å². The van der Waals surface area contributed by atoms with Gasteiger partial charge in [-0.25, -0.2) is 9.59 Å². The van der Waals surface area contributed by atoms with Gasteiger partial charge < -0.3 is 13.6 Å². The van der Waals surface area contributed by atoms with Crippen molar-refractivity contribution in [3.8, 4) is 11.5 Å². The Morgan fingerprint density at radius 3 is 2.04 bits per heavy atom. The van der Waals surface area contributed by atoms with Gasteiger partial charge in [0.15, 0.2) is 0 Å². The highest BCUT2D eigenvalue weighted by atomic mass is 16.5. The maximum absolute atomic E-state index is 12.5. The summed E-state index contributed by atoms with van der Waals surface area (Å²) in [6.07, 6.45) is 3.24. The predicted octanol–water partition coefficient (Wildman–Crippen LogP) is 2.89. The van der Waals surface area contributed by atoms with Gasteiger partial charge in [0.1, 0.15) is 23.0 Å². The van der Waals surface area contributed by atoms with Crippen LogP contribution in [0.4, 0.5) is 0 Å². The molecule has 120 valence electrons. The summed E-state index contributed by atoms with van der Waals surface area (Å²) < 4.78 is 16.2. The fourth-order valence-corrected chi connectivity index (χ4v) is 3.02. The molecule has 0 N–H and O–H groups in total. The molecule has 4 rings (SSSR count). The molecule has 0 saturated carbocycles. The van der Waals surface area contributed by atoms with E-state index in [1.165, 1.54) is 0 Å². The van der Waals surface area contributed by atoms with Crippen molar-refractivity contribution in [3.63, 3.8) is 0 Å². The minimum absolute atomic E-state index is 0.275. The largest absolute Gasteiger partial charge is 0.456 e. The molecule has 0 fully saturated rings. The molecule has 0 aromatic carbocycles. The number of fused-ring (bicyclic) bond motifs is 2. The van der Waals surface area contributed by atoms with Gasteiger partial charge in [-0.2, -0.15) is 0 Å².